The first-order chi connectivity index (χ1) is 5.63. The first-order valence-electron chi connectivity index (χ1n) is 3.86. The Morgan fingerprint density at radius 2 is 1.17 bits per heavy atom. The van der Waals surface area contributed by atoms with Crippen LogP contribution >= 0.6 is 0 Å². The van der Waals surface area contributed by atoms with Crippen LogP contribution in [0.15, 0.2) is 0 Å². The van der Waals surface area contributed by atoms with Gasteiger partial charge >= 0.3 is 14.4 Å². The molecule has 0 aromatic heterocycles. The number of nitrogens with zero attached hydrogens (tertiary/aromatic N) is 3. The molecule has 0 spiro atoms. The highest BCUT2D eigenvalue weighted by atomic mass is 16.5. The summed E-state index contributed by atoms with van der Waals surface area (Å²) in [4.78, 5) is 3.96. The van der Waals surface area contributed by atoms with Gasteiger partial charge in [-0.3, -0.25) is 0 Å². The first kappa shape index (κ1) is 10.0. The van der Waals surface area contributed by atoms with Crippen molar-refractivity contribution in [2.24, 2.45) is 0 Å². The van der Waals surface area contributed by atoms with Crippen molar-refractivity contribution in [2.75, 3.05) is 35.4 Å². The molecule has 0 N–H and O–H groups in total. The summed E-state index contributed by atoms with van der Waals surface area (Å²) in [5.74, 6) is 0. The Labute approximate surface area is 74.5 Å². The Bertz CT molecular complexity index is 146. The fraction of sp³-hybridized carbons (Fsp3) is 1.00. The predicted octanol–water partition coefficient (Wildman–Crippen LogP) is -1.03. The Morgan fingerprint density at radius 3 is 1.33 bits per heavy atom. The van der Waals surface area contributed by atoms with E-state index in [2.05, 4.69) is 0 Å². The highest BCUT2D eigenvalue weighted by Gasteiger charge is 2.48. The number of rotatable bonds is 2. The lowest BCUT2D eigenvalue weighted by molar-refractivity contribution is 0.178. The van der Waals surface area contributed by atoms with Crippen molar-refractivity contribution in [1.29, 1.82) is 0 Å². The first-order valence-corrected chi connectivity index (χ1v) is 3.86. The molecule has 0 bridgehead atoms. The average molecular weight is 171 g/mol. The zero-order valence-electron chi connectivity index (χ0n) is 8.31. The normalized spacial score (nSPS) is 22.8. The molecule has 5 nitrogen and oxygen atoms in total. The highest BCUT2D eigenvalue weighted by Crippen LogP contribution is 2.14. The molecular formula is C5H15B2N3O2. The second kappa shape index (κ2) is 3.76. The largest absolute Gasteiger partial charge is 0.483 e. The van der Waals surface area contributed by atoms with E-state index in [1.165, 1.54) is 0 Å². The molecule has 1 heterocycles. The van der Waals surface area contributed by atoms with E-state index in [1.807, 2.05) is 35.7 Å². The SMILES string of the molecule is COB1N(C)B(OC)N(C)N1C. The summed E-state index contributed by atoms with van der Waals surface area (Å²) >= 11 is 0. The summed E-state index contributed by atoms with van der Waals surface area (Å²) in [6.45, 7) is 0. The van der Waals surface area contributed by atoms with E-state index >= 15 is 0 Å². The van der Waals surface area contributed by atoms with Gasteiger partial charge in [0.25, 0.3) is 0 Å². The van der Waals surface area contributed by atoms with Gasteiger partial charge in [-0.05, 0) is 21.1 Å². The van der Waals surface area contributed by atoms with E-state index < -0.39 is 0 Å². The minimum absolute atomic E-state index is 0.0417. The van der Waals surface area contributed by atoms with E-state index in [9.17, 15) is 0 Å². The molecule has 1 fully saturated rings. The lowest BCUT2D eigenvalue weighted by Crippen LogP contribution is -2.45. The topological polar surface area (TPSA) is 28.2 Å². The molecule has 0 atom stereocenters. The van der Waals surface area contributed by atoms with Crippen molar-refractivity contribution in [3.63, 3.8) is 0 Å². The van der Waals surface area contributed by atoms with Crippen LogP contribution in [0.2, 0.25) is 0 Å². The summed E-state index contributed by atoms with van der Waals surface area (Å²) in [5.41, 5.74) is 0. The van der Waals surface area contributed by atoms with E-state index in [-0.39, 0.29) is 14.4 Å². The number of hydrazine groups is 1. The fourth-order valence-corrected chi connectivity index (χ4v) is 1.59. The van der Waals surface area contributed by atoms with Gasteiger partial charge in [0, 0.05) is 14.2 Å². The molecule has 0 saturated carbocycles. The Kier molecular flexibility index (Phi) is 3.14. The van der Waals surface area contributed by atoms with Crippen LogP contribution < -0.4 is 0 Å². The van der Waals surface area contributed by atoms with Gasteiger partial charge in [-0.15, -0.1) is 0 Å². The maximum Gasteiger partial charge on any atom is 0.483 e. The van der Waals surface area contributed by atoms with Crippen LogP contribution in [0.1, 0.15) is 0 Å². The Morgan fingerprint density at radius 1 is 0.833 bits per heavy atom. The van der Waals surface area contributed by atoms with Crippen molar-refractivity contribution in [1.82, 2.24) is 14.6 Å². The fourth-order valence-electron chi connectivity index (χ4n) is 1.59. The zero-order chi connectivity index (χ0) is 9.30. The summed E-state index contributed by atoms with van der Waals surface area (Å²) in [7, 11) is 9.17. The monoisotopic (exact) mass is 171 g/mol. The van der Waals surface area contributed by atoms with Gasteiger partial charge in [-0.1, -0.05) is 0 Å². The third kappa shape index (κ3) is 1.38. The number of hydrogen-bond acceptors (Lipinski definition) is 5. The standard InChI is InChI=1S/C5H15B2N3O2/c1-8-6(11-4)9(2)10(3)7(8)12-5/h1-5H3. The predicted molar refractivity (Wildman–Crippen MR) is 48.8 cm³/mol. The second-order valence-corrected chi connectivity index (χ2v) is 2.94. The molecule has 7 heteroatoms. The van der Waals surface area contributed by atoms with Gasteiger partial charge in [0.1, 0.15) is 0 Å². The van der Waals surface area contributed by atoms with Gasteiger partial charge in [-0.2, -0.15) is 0 Å². The Balaban J connectivity index is 2.71. The lowest BCUT2D eigenvalue weighted by Gasteiger charge is -2.21. The molecule has 0 aliphatic carbocycles. The molecule has 0 radical (unpaired) electrons. The van der Waals surface area contributed by atoms with Crippen molar-refractivity contribution in [3.05, 3.63) is 0 Å². The molecular weight excluding hydrogens is 156 g/mol. The molecule has 12 heavy (non-hydrogen) atoms. The van der Waals surface area contributed by atoms with Crippen molar-refractivity contribution >= 4 is 14.4 Å². The molecule has 0 unspecified atom stereocenters. The molecule has 1 saturated heterocycles. The van der Waals surface area contributed by atoms with Gasteiger partial charge in [0.2, 0.25) is 0 Å². The van der Waals surface area contributed by atoms with Crippen molar-refractivity contribution in [3.8, 4) is 0 Å². The van der Waals surface area contributed by atoms with E-state index in [0.29, 0.717) is 0 Å². The van der Waals surface area contributed by atoms with Crippen LogP contribution in [-0.2, 0) is 9.31 Å². The van der Waals surface area contributed by atoms with E-state index in [1.54, 1.807) is 14.2 Å². The summed E-state index contributed by atoms with van der Waals surface area (Å²) in [5, 5.41) is 0. The smallest absolute Gasteiger partial charge is 0.410 e. The maximum atomic E-state index is 5.27. The molecule has 68 valence electrons. The van der Waals surface area contributed by atoms with Crippen LogP contribution in [0.3, 0.4) is 0 Å². The third-order valence-corrected chi connectivity index (χ3v) is 2.26. The van der Waals surface area contributed by atoms with Gasteiger partial charge < -0.3 is 14.0 Å². The maximum absolute atomic E-state index is 5.27. The van der Waals surface area contributed by atoms with Crippen LogP contribution in [0.4, 0.5) is 0 Å². The van der Waals surface area contributed by atoms with E-state index in [0.717, 1.165) is 0 Å². The highest BCUT2D eigenvalue weighted by molar-refractivity contribution is 6.66. The van der Waals surface area contributed by atoms with Crippen molar-refractivity contribution in [2.45, 2.75) is 0 Å². The van der Waals surface area contributed by atoms with Gasteiger partial charge in [0.15, 0.2) is 0 Å². The molecule has 0 aromatic rings. The molecule has 0 amide bonds. The van der Waals surface area contributed by atoms with Crippen LogP contribution in [0, 0.1) is 0 Å². The molecule has 1 aliphatic rings. The van der Waals surface area contributed by atoms with Crippen LogP contribution in [0.5, 0.6) is 0 Å². The third-order valence-electron chi connectivity index (χ3n) is 2.26. The second-order valence-electron chi connectivity index (χ2n) is 2.94. The van der Waals surface area contributed by atoms with E-state index in [4.69, 9.17) is 9.31 Å². The summed E-state index contributed by atoms with van der Waals surface area (Å²) < 4.78 is 12.5. The minimum atomic E-state index is -0.0417. The van der Waals surface area contributed by atoms with Gasteiger partial charge in [-0.25, -0.2) is 9.84 Å². The summed E-state index contributed by atoms with van der Waals surface area (Å²) in [6, 6.07) is 0. The van der Waals surface area contributed by atoms with Crippen molar-refractivity contribution < 1.29 is 9.31 Å². The Hall–Kier alpha value is -0.0701. The lowest BCUT2D eigenvalue weighted by atomic mass is 9.88. The quantitative estimate of drug-likeness (QED) is 0.495. The molecule has 1 rings (SSSR count). The molecule has 0 aromatic carbocycles. The van der Waals surface area contributed by atoms with Crippen LogP contribution in [0.25, 0.3) is 0 Å². The molecule has 1 aliphatic heterocycles. The number of hydrogen-bond donors (Lipinski definition) is 0. The van der Waals surface area contributed by atoms with Gasteiger partial charge in [0.05, 0.1) is 0 Å². The minimum Gasteiger partial charge on any atom is -0.410 e. The van der Waals surface area contributed by atoms with Crippen LogP contribution in [-0.4, -0.2) is 64.3 Å². The average Bonchev–Trinajstić information content (AvgIpc) is 2.25. The zero-order valence-corrected chi connectivity index (χ0v) is 8.31. The summed E-state index contributed by atoms with van der Waals surface area (Å²) in [6.07, 6.45) is 0.